The topological polar surface area (TPSA) is 32.3 Å². The maximum atomic E-state index is 9.07. The average Bonchev–Trinajstić information content (AvgIpc) is 2.60. The number of rotatable bonds is 5. The summed E-state index contributed by atoms with van der Waals surface area (Å²) in [6.45, 7) is 4.39. The van der Waals surface area contributed by atoms with Crippen molar-refractivity contribution < 1.29 is 5.11 Å². The lowest BCUT2D eigenvalue weighted by atomic mass is 10.2. The number of nitrogens with one attached hydrogen (secondary N) is 1. The molecule has 0 spiro atoms. The second kappa shape index (κ2) is 5.85. The molecule has 1 rings (SSSR count). The summed E-state index contributed by atoms with van der Waals surface area (Å²) in [5.41, 5.74) is 0. The van der Waals surface area contributed by atoms with Crippen molar-refractivity contribution in [3.63, 3.8) is 0 Å². The minimum Gasteiger partial charge on any atom is -0.395 e. The molecule has 0 bridgehead atoms. The zero-order chi connectivity index (χ0) is 10.6. The van der Waals surface area contributed by atoms with E-state index in [1.54, 1.807) is 11.3 Å². The molecular weight excluding hydrogens is 262 g/mol. The van der Waals surface area contributed by atoms with Crippen molar-refractivity contribution in [1.82, 2.24) is 5.32 Å². The molecule has 0 aliphatic heterocycles. The van der Waals surface area contributed by atoms with Crippen LogP contribution in [0.1, 0.15) is 31.2 Å². The fourth-order valence-electron chi connectivity index (χ4n) is 1.34. The van der Waals surface area contributed by atoms with Crippen LogP contribution in [0.25, 0.3) is 0 Å². The lowest BCUT2D eigenvalue weighted by Crippen LogP contribution is -2.33. The van der Waals surface area contributed by atoms with Crippen LogP contribution in [-0.4, -0.2) is 17.8 Å². The Hall–Kier alpha value is 0.100. The van der Waals surface area contributed by atoms with Gasteiger partial charge in [-0.05, 0) is 40.7 Å². The molecule has 0 amide bonds. The van der Waals surface area contributed by atoms with Gasteiger partial charge in [-0.3, -0.25) is 0 Å². The molecule has 1 unspecified atom stereocenters. The monoisotopic (exact) mass is 277 g/mol. The molecule has 0 aliphatic rings. The molecule has 0 radical (unpaired) electrons. The fraction of sp³-hybridized carbons (Fsp3) is 0.600. The molecule has 2 atom stereocenters. The molecule has 1 aromatic heterocycles. The predicted molar refractivity (Wildman–Crippen MR) is 64.7 cm³/mol. The van der Waals surface area contributed by atoms with Gasteiger partial charge in [-0.2, -0.15) is 0 Å². The minimum atomic E-state index is 0.194. The van der Waals surface area contributed by atoms with Crippen LogP contribution in [0, 0.1) is 0 Å². The van der Waals surface area contributed by atoms with E-state index < -0.39 is 0 Å². The van der Waals surface area contributed by atoms with Crippen LogP contribution in [0.5, 0.6) is 0 Å². The van der Waals surface area contributed by atoms with E-state index in [1.165, 1.54) is 4.88 Å². The largest absolute Gasteiger partial charge is 0.395 e. The van der Waals surface area contributed by atoms with E-state index in [4.69, 9.17) is 5.11 Å². The summed E-state index contributed by atoms with van der Waals surface area (Å²) < 4.78 is 1.15. The highest BCUT2D eigenvalue weighted by molar-refractivity contribution is 9.10. The van der Waals surface area contributed by atoms with E-state index in [0.717, 1.165) is 10.9 Å². The normalized spacial score (nSPS) is 15.4. The van der Waals surface area contributed by atoms with Gasteiger partial charge in [0.25, 0.3) is 0 Å². The molecule has 1 aromatic rings. The number of halogens is 1. The molecule has 2 nitrogen and oxygen atoms in total. The zero-order valence-corrected chi connectivity index (χ0v) is 10.9. The molecule has 0 aliphatic carbocycles. The first-order valence-electron chi connectivity index (χ1n) is 4.78. The van der Waals surface area contributed by atoms with Gasteiger partial charge in [-0.1, -0.05) is 6.92 Å². The Morgan fingerprint density at radius 3 is 2.79 bits per heavy atom. The Bertz CT molecular complexity index is 273. The van der Waals surface area contributed by atoms with Crippen molar-refractivity contribution in [2.24, 2.45) is 0 Å². The quantitative estimate of drug-likeness (QED) is 0.868. The standard InChI is InChI=1S/C10H16BrNOS/c1-3-8(6-13)12-7(2)10-9(11)4-5-14-10/h4-5,7-8,12-13H,3,6H2,1-2H3/t7?,8-/m1/s1. The van der Waals surface area contributed by atoms with Gasteiger partial charge >= 0.3 is 0 Å². The van der Waals surface area contributed by atoms with Gasteiger partial charge in [0.2, 0.25) is 0 Å². The highest BCUT2D eigenvalue weighted by Crippen LogP contribution is 2.28. The van der Waals surface area contributed by atoms with Gasteiger partial charge in [0.15, 0.2) is 0 Å². The van der Waals surface area contributed by atoms with Gasteiger partial charge in [0, 0.05) is 21.4 Å². The fourth-order valence-corrected chi connectivity index (χ4v) is 3.08. The zero-order valence-electron chi connectivity index (χ0n) is 8.46. The maximum absolute atomic E-state index is 9.07. The highest BCUT2D eigenvalue weighted by Gasteiger charge is 2.14. The first-order valence-corrected chi connectivity index (χ1v) is 6.46. The summed E-state index contributed by atoms with van der Waals surface area (Å²) in [5, 5.41) is 14.5. The van der Waals surface area contributed by atoms with Crippen molar-refractivity contribution in [3.05, 3.63) is 20.8 Å². The number of aliphatic hydroxyl groups excluding tert-OH is 1. The molecule has 0 aromatic carbocycles. The van der Waals surface area contributed by atoms with Crippen LogP contribution in [0.15, 0.2) is 15.9 Å². The SMILES string of the molecule is CC[C@H](CO)NC(C)c1sccc1Br. The van der Waals surface area contributed by atoms with Crippen molar-refractivity contribution in [2.45, 2.75) is 32.4 Å². The number of thiophene rings is 1. The van der Waals surface area contributed by atoms with E-state index >= 15 is 0 Å². The maximum Gasteiger partial charge on any atom is 0.0584 e. The lowest BCUT2D eigenvalue weighted by Gasteiger charge is -2.19. The molecule has 1 heterocycles. The molecule has 4 heteroatoms. The smallest absolute Gasteiger partial charge is 0.0584 e. The summed E-state index contributed by atoms with van der Waals surface area (Å²) in [6, 6.07) is 2.54. The molecule has 14 heavy (non-hydrogen) atoms. The Labute approximate surface area is 97.5 Å². The van der Waals surface area contributed by atoms with Crippen LogP contribution in [0.3, 0.4) is 0 Å². The Morgan fingerprint density at radius 1 is 1.64 bits per heavy atom. The third-order valence-electron chi connectivity index (χ3n) is 2.24. The average molecular weight is 278 g/mol. The van der Waals surface area contributed by atoms with E-state index in [0.29, 0.717) is 6.04 Å². The van der Waals surface area contributed by atoms with Crippen LogP contribution < -0.4 is 5.32 Å². The number of aliphatic hydroxyl groups is 1. The van der Waals surface area contributed by atoms with Crippen LogP contribution in [0.4, 0.5) is 0 Å². The highest BCUT2D eigenvalue weighted by atomic mass is 79.9. The van der Waals surface area contributed by atoms with Crippen molar-refractivity contribution in [3.8, 4) is 0 Å². The Balaban J connectivity index is 2.58. The predicted octanol–water partition coefficient (Wildman–Crippen LogP) is 2.93. The van der Waals surface area contributed by atoms with Gasteiger partial charge in [-0.15, -0.1) is 11.3 Å². The summed E-state index contributed by atoms with van der Waals surface area (Å²) in [5.74, 6) is 0. The molecule has 0 fully saturated rings. The van der Waals surface area contributed by atoms with Crippen LogP contribution in [0.2, 0.25) is 0 Å². The van der Waals surface area contributed by atoms with Gasteiger partial charge in [0.1, 0.15) is 0 Å². The lowest BCUT2D eigenvalue weighted by molar-refractivity contribution is 0.230. The summed E-state index contributed by atoms with van der Waals surface area (Å²) >= 11 is 5.24. The summed E-state index contributed by atoms with van der Waals surface area (Å²) in [6.07, 6.45) is 0.948. The third-order valence-corrected chi connectivity index (χ3v) is 4.29. The molecule has 0 saturated carbocycles. The van der Waals surface area contributed by atoms with E-state index in [1.807, 2.05) is 0 Å². The third kappa shape index (κ3) is 3.05. The molecular formula is C10H16BrNOS. The Kier molecular flexibility index (Phi) is 5.09. The van der Waals surface area contributed by atoms with Gasteiger partial charge in [-0.25, -0.2) is 0 Å². The number of hydrogen-bond donors (Lipinski definition) is 2. The molecule has 0 saturated heterocycles. The summed E-state index contributed by atoms with van der Waals surface area (Å²) in [7, 11) is 0. The van der Waals surface area contributed by atoms with E-state index in [9.17, 15) is 0 Å². The van der Waals surface area contributed by atoms with E-state index in [-0.39, 0.29) is 12.6 Å². The molecule has 2 N–H and O–H groups in total. The van der Waals surface area contributed by atoms with Crippen LogP contribution >= 0.6 is 27.3 Å². The Morgan fingerprint density at radius 2 is 2.36 bits per heavy atom. The second-order valence-electron chi connectivity index (χ2n) is 3.31. The van der Waals surface area contributed by atoms with E-state index in [2.05, 4.69) is 46.5 Å². The van der Waals surface area contributed by atoms with Crippen molar-refractivity contribution >= 4 is 27.3 Å². The summed E-state index contributed by atoms with van der Waals surface area (Å²) in [4.78, 5) is 1.29. The molecule has 80 valence electrons. The second-order valence-corrected chi connectivity index (χ2v) is 5.11. The van der Waals surface area contributed by atoms with Gasteiger partial charge < -0.3 is 10.4 Å². The number of hydrogen-bond acceptors (Lipinski definition) is 3. The van der Waals surface area contributed by atoms with Gasteiger partial charge in [0.05, 0.1) is 6.61 Å². The first-order chi connectivity index (χ1) is 6.69. The van der Waals surface area contributed by atoms with Crippen molar-refractivity contribution in [1.29, 1.82) is 0 Å². The van der Waals surface area contributed by atoms with Crippen molar-refractivity contribution in [2.75, 3.05) is 6.61 Å². The first kappa shape index (κ1) is 12.2. The van der Waals surface area contributed by atoms with Crippen LogP contribution in [-0.2, 0) is 0 Å². The minimum absolute atomic E-state index is 0.194.